The normalized spacial score (nSPS) is 15.5. The molecule has 5 heteroatoms. The standard InChI is InChI=1S/C13H18N2O3/c1-2-18-13(16)11-4-3-10(14)9-12(11)15-5-7-17-8-6-15/h3-4,9H,2,5-8,14H2,1H3. The van der Waals surface area contributed by atoms with Gasteiger partial charge in [-0.15, -0.1) is 0 Å². The fourth-order valence-electron chi connectivity index (χ4n) is 2.00. The molecular formula is C13H18N2O3. The molecule has 1 aromatic rings. The highest BCUT2D eigenvalue weighted by Gasteiger charge is 2.19. The third kappa shape index (κ3) is 2.73. The van der Waals surface area contributed by atoms with Crippen LogP contribution in [0, 0.1) is 0 Å². The highest BCUT2D eigenvalue weighted by atomic mass is 16.5. The van der Waals surface area contributed by atoms with Crippen LogP contribution in [0.3, 0.4) is 0 Å². The molecule has 2 rings (SSSR count). The Morgan fingerprint density at radius 2 is 2.17 bits per heavy atom. The second-order valence-corrected chi connectivity index (χ2v) is 4.10. The summed E-state index contributed by atoms with van der Waals surface area (Å²) >= 11 is 0. The van der Waals surface area contributed by atoms with Crippen LogP contribution in [-0.2, 0) is 9.47 Å². The number of rotatable bonds is 3. The first-order valence-electron chi connectivity index (χ1n) is 6.11. The zero-order valence-corrected chi connectivity index (χ0v) is 10.5. The van der Waals surface area contributed by atoms with Crippen LogP contribution < -0.4 is 10.6 Å². The predicted molar refractivity (Wildman–Crippen MR) is 69.8 cm³/mol. The summed E-state index contributed by atoms with van der Waals surface area (Å²) in [4.78, 5) is 14.0. The number of hydrogen-bond donors (Lipinski definition) is 1. The molecular weight excluding hydrogens is 232 g/mol. The van der Waals surface area contributed by atoms with Crippen LogP contribution in [0.25, 0.3) is 0 Å². The highest BCUT2D eigenvalue weighted by Crippen LogP contribution is 2.25. The SMILES string of the molecule is CCOC(=O)c1ccc(N)cc1N1CCOCC1. The molecule has 2 N–H and O–H groups in total. The van der Waals surface area contributed by atoms with Crippen molar-refractivity contribution in [3.63, 3.8) is 0 Å². The van der Waals surface area contributed by atoms with Gasteiger partial charge in [0.25, 0.3) is 0 Å². The molecule has 0 atom stereocenters. The van der Waals surface area contributed by atoms with Crippen LogP contribution >= 0.6 is 0 Å². The Hall–Kier alpha value is -1.75. The number of ether oxygens (including phenoxy) is 2. The lowest BCUT2D eigenvalue weighted by molar-refractivity contribution is 0.0526. The molecule has 0 radical (unpaired) electrons. The zero-order chi connectivity index (χ0) is 13.0. The Kier molecular flexibility index (Phi) is 4.04. The molecule has 1 saturated heterocycles. The second kappa shape index (κ2) is 5.73. The van der Waals surface area contributed by atoms with Crippen LogP contribution in [0.2, 0.25) is 0 Å². The van der Waals surface area contributed by atoms with Crippen LogP contribution in [0.15, 0.2) is 18.2 Å². The minimum absolute atomic E-state index is 0.306. The van der Waals surface area contributed by atoms with E-state index in [0.29, 0.717) is 31.1 Å². The minimum atomic E-state index is -0.306. The second-order valence-electron chi connectivity index (χ2n) is 4.10. The van der Waals surface area contributed by atoms with E-state index in [9.17, 15) is 4.79 Å². The van der Waals surface area contributed by atoms with Crippen LogP contribution in [0.1, 0.15) is 17.3 Å². The van der Waals surface area contributed by atoms with Crippen molar-refractivity contribution >= 4 is 17.3 Å². The number of esters is 1. The van der Waals surface area contributed by atoms with E-state index in [1.807, 2.05) is 6.07 Å². The zero-order valence-electron chi connectivity index (χ0n) is 10.5. The Labute approximate surface area is 106 Å². The summed E-state index contributed by atoms with van der Waals surface area (Å²) in [5.74, 6) is -0.306. The van der Waals surface area contributed by atoms with Gasteiger partial charge in [-0.3, -0.25) is 0 Å². The number of hydrogen-bond acceptors (Lipinski definition) is 5. The average molecular weight is 250 g/mol. The van der Waals surface area contributed by atoms with E-state index in [-0.39, 0.29) is 5.97 Å². The number of nitrogen functional groups attached to an aromatic ring is 1. The van der Waals surface area contributed by atoms with Crippen molar-refractivity contribution in [1.82, 2.24) is 0 Å². The van der Waals surface area contributed by atoms with Gasteiger partial charge in [0.2, 0.25) is 0 Å². The lowest BCUT2D eigenvalue weighted by Crippen LogP contribution is -2.37. The van der Waals surface area contributed by atoms with Gasteiger partial charge in [0.05, 0.1) is 31.1 Å². The van der Waals surface area contributed by atoms with Gasteiger partial charge in [-0.25, -0.2) is 4.79 Å². The van der Waals surface area contributed by atoms with Gasteiger partial charge >= 0.3 is 5.97 Å². The monoisotopic (exact) mass is 250 g/mol. The molecule has 0 spiro atoms. The van der Waals surface area contributed by atoms with Crippen molar-refractivity contribution in [3.8, 4) is 0 Å². The summed E-state index contributed by atoms with van der Waals surface area (Å²) in [6.45, 7) is 5.01. The summed E-state index contributed by atoms with van der Waals surface area (Å²) in [5.41, 5.74) is 7.83. The van der Waals surface area contributed by atoms with Gasteiger partial charge in [0.15, 0.2) is 0 Å². The molecule has 1 heterocycles. The third-order valence-electron chi connectivity index (χ3n) is 2.87. The summed E-state index contributed by atoms with van der Waals surface area (Å²) in [6, 6.07) is 5.26. The summed E-state index contributed by atoms with van der Waals surface area (Å²) in [7, 11) is 0. The lowest BCUT2D eigenvalue weighted by Gasteiger charge is -2.30. The number of nitrogens with zero attached hydrogens (tertiary/aromatic N) is 1. The van der Waals surface area contributed by atoms with Crippen LogP contribution in [-0.4, -0.2) is 38.9 Å². The molecule has 0 aliphatic carbocycles. The maximum Gasteiger partial charge on any atom is 0.340 e. The van der Waals surface area contributed by atoms with Gasteiger partial charge in [-0.2, -0.15) is 0 Å². The van der Waals surface area contributed by atoms with Gasteiger partial charge in [-0.05, 0) is 25.1 Å². The van der Waals surface area contributed by atoms with Gasteiger partial charge in [0, 0.05) is 18.8 Å². The first kappa shape index (κ1) is 12.7. The molecule has 0 unspecified atom stereocenters. The number of nitrogens with two attached hydrogens (primary N) is 1. The van der Waals surface area contributed by atoms with E-state index >= 15 is 0 Å². The number of morpholine rings is 1. The van der Waals surface area contributed by atoms with Crippen LogP contribution in [0.5, 0.6) is 0 Å². The van der Waals surface area contributed by atoms with E-state index < -0.39 is 0 Å². The number of benzene rings is 1. The number of anilines is 2. The van der Waals surface area contributed by atoms with E-state index in [1.165, 1.54) is 0 Å². The van der Waals surface area contributed by atoms with Crippen molar-refractivity contribution in [2.24, 2.45) is 0 Å². The highest BCUT2D eigenvalue weighted by molar-refractivity contribution is 5.96. The molecule has 0 bridgehead atoms. The summed E-state index contributed by atoms with van der Waals surface area (Å²) in [5, 5.41) is 0. The van der Waals surface area contributed by atoms with Crippen LogP contribution in [0.4, 0.5) is 11.4 Å². The van der Waals surface area contributed by atoms with Crippen molar-refractivity contribution in [2.75, 3.05) is 43.5 Å². The van der Waals surface area contributed by atoms with Gasteiger partial charge in [-0.1, -0.05) is 0 Å². The Morgan fingerprint density at radius 1 is 1.44 bits per heavy atom. The molecule has 1 aliphatic rings. The fourth-order valence-corrected chi connectivity index (χ4v) is 2.00. The molecule has 0 aromatic heterocycles. The smallest absolute Gasteiger partial charge is 0.340 e. The molecule has 1 aromatic carbocycles. The van der Waals surface area contributed by atoms with Crippen molar-refractivity contribution in [1.29, 1.82) is 0 Å². The number of carbonyl (C=O) groups excluding carboxylic acids is 1. The first-order valence-corrected chi connectivity index (χ1v) is 6.11. The molecule has 0 saturated carbocycles. The van der Waals surface area contributed by atoms with E-state index in [1.54, 1.807) is 19.1 Å². The molecule has 18 heavy (non-hydrogen) atoms. The Bertz CT molecular complexity index is 428. The lowest BCUT2D eigenvalue weighted by atomic mass is 10.1. The third-order valence-corrected chi connectivity index (χ3v) is 2.87. The molecule has 5 nitrogen and oxygen atoms in total. The van der Waals surface area contributed by atoms with Crippen molar-refractivity contribution in [2.45, 2.75) is 6.92 Å². The topological polar surface area (TPSA) is 64.8 Å². The van der Waals surface area contributed by atoms with Crippen molar-refractivity contribution < 1.29 is 14.3 Å². The Balaban J connectivity index is 2.30. The molecule has 0 amide bonds. The minimum Gasteiger partial charge on any atom is -0.462 e. The predicted octanol–water partition coefficient (Wildman–Crippen LogP) is 1.28. The molecule has 1 aliphatic heterocycles. The first-order chi connectivity index (χ1) is 8.72. The average Bonchev–Trinajstić information content (AvgIpc) is 2.40. The largest absolute Gasteiger partial charge is 0.462 e. The maximum atomic E-state index is 11.9. The summed E-state index contributed by atoms with van der Waals surface area (Å²) in [6.07, 6.45) is 0. The van der Waals surface area contributed by atoms with Gasteiger partial charge < -0.3 is 20.1 Å². The Morgan fingerprint density at radius 3 is 2.83 bits per heavy atom. The van der Waals surface area contributed by atoms with E-state index in [4.69, 9.17) is 15.2 Å². The molecule has 98 valence electrons. The van der Waals surface area contributed by atoms with Crippen molar-refractivity contribution in [3.05, 3.63) is 23.8 Å². The van der Waals surface area contributed by atoms with Gasteiger partial charge in [0.1, 0.15) is 0 Å². The van der Waals surface area contributed by atoms with E-state index in [0.717, 1.165) is 18.8 Å². The summed E-state index contributed by atoms with van der Waals surface area (Å²) < 4.78 is 10.4. The maximum absolute atomic E-state index is 11.9. The van der Waals surface area contributed by atoms with E-state index in [2.05, 4.69) is 4.90 Å². The quantitative estimate of drug-likeness (QED) is 0.646. The molecule has 1 fully saturated rings. The fraction of sp³-hybridized carbons (Fsp3) is 0.462. The number of carbonyl (C=O) groups is 1.